The molecule has 2 rings (SSSR count). The molecule has 3 N–H and O–H groups in total. The van der Waals surface area contributed by atoms with E-state index in [-0.39, 0.29) is 0 Å². The Bertz CT molecular complexity index is 507. The maximum absolute atomic E-state index is 5.49. The Morgan fingerprint density at radius 3 is 2.82 bits per heavy atom. The third-order valence-corrected chi connectivity index (χ3v) is 2.64. The summed E-state index contributed by atoms with van der Waals surface area (Å²) in [6.07, 6.45) is 0.908. The molecule has 1 aromatic heterocycles. The Labute approximate surface area is 100 Å². The van der Waals surface area contributed by atoms with Crippen LogP contribution in [0.3, 0.4) is 0 Å². The Hall–Kier alpha value is -1.88. The molecular formula is C12H16N4O. The lowest BCUT2D eigenvalue weighted by molar-refractivity contribution is 0.410. The van der Waals surface area contributed by atoms with Gasteiger partial charge in [0.05, 0.1) is 13.7 Å². The summed E-state index contributed by atoms with van der Waals surface area (Å²) in [5.74, 6) is 2.25. The van der Waals surface area contributed by atoms with Crippen molar-refractivity contribution in [1.82, 2.24) is 15.2 Å². The topological polar surface area (TPSA) is 76.8 Å². The van der Waals surface area contributed by atoms with Gasteiger partial charge in [-0.2, -0.15) is 5.10 Å². The maximum atomic E-state index is 5.49. The molecule has 17 heavy (non-hydrogen) atoms. The van der Waals surface area contributed by atoms with Crippen molar-refractivity contribution in [2.75, 3.05) is 7.11 Å². The van der Waals surface area contributed by atoms with Crippen LogP contribution in [0.2, 0.25) is 0 Å². The zero-order valence-electron chi connectivity index (χ0n) is 10.0. The Morgan fingerprint density at radius 1 is 1.41 bits per heavy atom. The van der Waals surface area contributed by atoms with Crippen LogP contribution in [0.5, 0.6) is 5.75 Å². The molecular weight excluding hydrogens is 216 g/mol. The quantitative estimate of drug-likeness (QED) is 0.837. The molecule has 1 aromatic carbocycles. The molecule has 2 aromatic rings. The molecule has 0 aliphatic rings. The smallest absolute Gasteiger partial charge is 0.181 e. The second-order valence-corrected chi connectivity index (χ2v) is 3.69. The number of nitrogens with two attached hydrogens (primary N) is 1. The third kappa shape index (κ3) is 2.29. The van der Waals surface area contributed by atoms with Gasteiger partial charge in [-0.1, -0.05) is 6.92 Å². The van der Waals surface area contributed by atoms with E-state index in [9.17, 15) is 0 Å². The van der Waals surface area contributed by atoms with Crippen molar-refractivity contribution < 1.29 is 4.74 Å². The van der Waals surface area contributed by atoms with E-state index < -0.39 is 0 Å². The fourth-order valence-electron chi connectivity index (χ4n) is 1.71. The van der Waals surface area contributed by atoms with Gasteiger partial charge in [-0.3, -0.25) is 5.10 Å². The van der Waals surface area contributed by atoms with Gasteiger partial charge in [0.1, 0.15) is 11.6 Å². The summed E-state index contributed by atoms with van der Waals surface area (Å²) in [5.41, 5.74) is 7.60. The first kappa shape index (κ1) is 11.6. The van der Waals surface area contributed by atoms with Crippen LogP contribution in [0.25, 0.3) is 11.4 Å². The predicted molar refractivity (Wildman–Crippen MR) is 65.6 cm³/mol. The van der Waals surface area contributed by atoms with Crippen molar-refractivity contribution in [1.29, 1.82) is 0 Å². The number of ether oxygens (including phenoxy) is 1. The molecule has 5 nitrogen and oxygen atoms in total. The molecule has 0 saturated heterocycles. The number of aromatic amines is 1. The second-order valence-electron chi connectivity index (χ2n) is 3.69. The molecule has 0 bridgehead atoms. The van der Waals surface area contributed by atoms with Gasteiger partial charge in [-0.25, -0.2) is 4.98 Å². The monoisotopic (exact) mass is 232 g/mol. The number of rotatable bonds is 4. The second kappa shape index (κ2) is 4.97. The minimum Gasteiger partial charge on any atom is -0.496 e. The number of methoxy groups -OCH3 is 1. The van der Waals surface area contributed by atoms with E-state index in [2.05, 4.69) is 22.1 Å². The number of benzene rings is 1. The van der Waals surface area contributed by atoms with E-state index in [0.717, 1.165) is 23.3 Å². The first-order valence-electron chi connectivity index (χ1n) is 5.57. The fourth-order valence-corrected chi connectivity index (χ4v) is 1.71. The summed E-state index contributed by atoms with van der Waals surface area (Å²) in [6, 6.07) is 5.93. The van der Waals surface area contributed by atoms with Crippen LogP contribution >= 0.6 is 0 Å². The van der Waals surface area contributed by atoms with Crippen molar-refractivity contribution in [3.63, 3.8) is 0 Å². The van der Waals surface area contributed by atoms with Gasteiger partial charge in [0.25, 0.3) is 0 Å². The SMILES string of the molecule is CCc1cc(-c2n[nH]c(CN)n2)ccc1OC. The minimum atomic E-state index is 0.365. The van der Waals surface area contributed by atoms with Gasteiger partial charge in [-0.15, -0.1) is 0 Å². The number of aromatic nitrogens is 3. The van der Waals surface area contributed by atoms with E-state index >= 15 is 0 Å². The normalized spacial score (nSPS) is 10.5. The van der Waals surface area contributed by atoms with Crippen LogP contribution in [0, 0.1) is 0 Å². The van der Waals surface area contributed by atoms with Gasteiger partial charge in [0.2, 0.25) is 0 Å². The van der Waals surface area contributed by atoms with Crippen LogP contribution in [0.15, 0.2) is 18.2 Å². The summed E-state index contributed by atoms with van der Waals surface area (Å²) in [6.45, 7) is 2.45. The molecule has 1 heterocycles. The minimum absolute atomic E-state index is 0.365. The summed E-state index contributed by atoms with van der Waals surface area (Å²) >= 11 is 0. The summed E-state index contributed by atoms with van der Waals surface area (Å²) in [5, 5.41) is 6.93. The molecule has 0 spiro atoms. The van der Waals surface area contributed by atoms with Gasteiger partial charge in [-0.05, 0) is 30.2 Å². The molecule has 0 aliphatic heterocycles. The Kier molecular flexibility index (Phi) is 3.39. The fraction of sp³-hybridized carbons (Fsp3) is 0.333. The molecule has 0 saturated carbocycles. The number of H-pyrrole nitrogens is 1. The van der Waals surface area contributed by atoms with Crippen molar-refractivity contribution >= 4 is 0 Å². The summed E-state index contributed by atoms with van der Waals surface area (Å²) < 4.78 is 5.28. The van der Waals surface area contributed by atoms with Crippen LogP contribution in [-0.4, -0.2) is 22.3 Å². The van der Waals surface area contributed by atoms with Crippen LogP contribution < -0.4 is 10.5 Å². The molecule has 0 atom stereocenters. The van der Waals surface area contributed by atoms with E-state index in [1.54, 1.807) is 7.11 Å². The number of hydrogen-bond donors (Lipinski definition) is 2. The molecule has 0 unspecified atom stereocenters. The molecule has 0 amide bonds. The third-order valence-electron chi connectivity index (χ3n) is 2.64. The number of nitrogens with one attached hydrogen (secondary N) is 1. The lowest BCUT2D eigenvalue weighted by atomic mass is 10.1. The molecule has 0 radical (unpaired) electrons. The Balaban J connectivity index is 2.38. The molecule has 0 fully saturated rings. The average Bonchev–Trinajstić information content (AvgIpc) is 2.86. The highest BCUT2D eigenvalue weighted by atomic mass is 16.5. The van der Waals surface area contributed by atoms with Crippen LogP contribution in [0.1, 0.15) is 18.3 Å². The van der Waals surface area contributed by atoms with E-state index in [0.29, 0.717) is 18.2 Å². The zero-order chi connectivity index (χ0) is 12.3. The highest BCUT2D eigenvalue weighted by Crippen LogP contribution is 2.24. The zero-order valence-corrected chi connectivity index (χ0v) is 10.0. The lowest BCUT2D eigenvalue weighted by Crippen LogP contribution is -1.98. The van der Waals surface area contributed by atoms with Gasteiger partial charge < -0.3 is 10.5 Å². The first-order chi connectivity index (χ1) is 8.28. The largest absolute Gasteiger partial charge is 0.496 e. The first-order valence-corrected chi connectivity index (χ1v) is 5.57. The van der Waals surface area contributed by atoms with Crippen LogP contribution in [-0.2, 0) is 13.0 Å². The van der Waals surface area contributed by atoms with Crippen molar-refractivity contribution in [2.45, 2.75) is 19.9 Å². The van der Waals surface area contributed by atoms with Crippen LogP contribution in [0.4, 0.5) is 0 Å². The molecule has 5 heteroatoms. The highest BCUT2D eigenvalue weighted by Gasteiger charge is 2.08. The van der Waals surface area contributed by atoms with Crippen molar-refractivity contribution in [2.24, 2.45) is 5.73 Å². The molecule has 0 aliphatic carbocycles. The Morgan fingerprint density at radius 2 is 2.24 bits per heavy atom. The highest BCUT2D eigenvalue weighted by molar-refractivity contribution is 5.58. The molecule has 90 valence electrons. The van der Waals surface area contributed by atoms with E-state index in [1.165, 1.54) is 0 Å². The number of hydrogen-bond acceptors (Lipinski definition) is 4. The van der Waals surface area contributed by atoms with Crippen molar-refractivity contribution in [3.05, 3.63) is 29.6 Å². The maximum Gasteiger partial charge on any atom is 0.181 e. The average molecular weight is 232 g/mol. The summed E-state index contributed by atoms with van der Waals surface area (Å²) in [7, 11) is 1.67. The van der Waals surface area contributed by atoms with E-state index in [4.69, 9.17) is 10.5 Å². The van der Waals surface area contributed by atoms with Gasteiger partial charge in [0, 0.05) is 5.56 Å². The van der Waals surface area contributed by atoms with Gasteiger partial charge >= 0.3 is 0 Å². The lowest BCUT2D eigenvalue weighted by Gasteiger charge is -2.07. The summed E-state index contributed by atoms with van der Waals surface area (Å²) in [4.78, 5) is 4.30. The van der Waals surface area contributed by atoms with Gasteiger partial charge in [0.15, 0.2) is 5.82 Å². The standard InChI is InChI=1S/C12H16N4O/c1-3-8-6-9(4-5-10(8)17-2)12-14-11(7-13)15-16-12/h4-6H,3,7,13H2,1-2H3,(H,14,15,16). The number of aryl methyl sites for hydroxylation is 1. The van der Waals surface area contributed by atoms with E-state index in [1.807, 2.05) is 18.2 Å². The van der Waals surface area contributed by atoms with Crippen molar-refractivity contribution in [3.8, 4) is 17.1 Å². The predicted octanol–water partition coefficient (Wildman–Crippen LogP) is 1.50. The number of nitrogens with zero attached hydrogens (tertiary/aromatic N) is 2.